The van der Waals surface area contributed by atoms with E-state index in [0.29, 0.717) is 27.2 Å². The molecule has 2 aliphatic rings. The molecule has 1 saturated heterocycles. The lowest BCUT2D eigenvalue weighted by atomic mass is 9.74. The van der Waals surface area contributed by atoms with Gasteiger partial charge in [-0.25, -0.2) is 4.39 Å². The maximum atomic E-state index is 14.2. The Morgan fingerprint density at radius 1 is 1.16 bits per heavy atom. The third-order valence-corrected chi connectivity index (χ3v) is 8.13. The van der Waals surface area contributed by atoms with E-state index in [9.17, 15) is 9.18 Å². The average Bonchev–Trinajstić information content (AvgIpc) is 3.34. The van der Waals surface area contributed by atoms with Gasteiger partial charge in [-0.1, -0.05) is 33.8 Å². The highest BCUT2D eigenvalue weighted by atomic mass is 35.5. The molecule has 0 bridgehead atoms. The van der Waals surface area contributed by atoms with Crippen LogP contribution in [-0.4, -0.2) is 40.0 Å². The van der Waals surface area contributed by atoms with E-state index in [2.05, 4.69) is 14.5 Å². The van der Waals surface area contributed by atoms with Crippen molar-refractivity contribution < 1.29 is 9.18 Å². The van der Waals surface area contributed by atoms with Crippen molar-refractivity contribution in [3.63, 3.8) is 0 Å². The zero-order chi connectivity index (χ0) is 22.5. The molecule has 0 aliphatic carbocycles. The van der Waals surface area contributed by atoms with E-state index in [1.54, 1.807) is 24.0 Å². The Morgan fingerprint density at radius 3 is 2.62 bits per heavy atom. The van der Waals surface area contributed by atoms with E-state index in [0.717, 1.165) is 60.8 Å². The fraction of sp³-hybridized carbons (Fsp3) is 0.348. The van der Waals surface area contributed by atoms with E-state index in [-0.39, 0.29) is 17.1 Å². The number of nitrogens with zero attached hydrogens (tertiary/aromatic N) is 4. The number of hydrogen-bond acceptors (Lipinski definition) is 5. The van der Waals surface area contributed by atoms with Gasteiger partial charge in [0.15, 0.2) is 0 Å². The van der Waals surface area contributed by atoms with Gasteiger partial charge in [0.05, 0.1) is 15.7 Å². The van der Waals surface area contributed by atoms with Gasteiger partial charge in [0, 0.05) is 24.2 Å². The lowest BCUT2D eigenvalue weighted by Gasteiger charge is -2.40. The molecule has 2 aromatic carbocycles. The Morgan fingerprint density at radius 2 is 1.94 bits per heavy atom. The fourth-order valence-corrected chi connectivity index (χ4v) is 5.76. The quantitative estimate of drug-likeness (QED) is 0.487. The van der Waals surface area contributed by atoms with Gasteiger partial charge in [0.1, 0.15) is 10.7 Å². The van der Waals surface area contributed by atoms with Crippen LogP contribution in [0.25, 0.3) is 0 Å². The highest BCUT2D eigenvalue weighted by molar-refractivity contribution is 7.08. The van der Waals surface area contributed by atoms with E-state index in [1.165, 1.54) is 6.07 Å². The summed E-state index contributed by atoms with van der Waals surface area (Å²) in [6, 6.07) is 10.5. The van der Waals surface area contributed by atoms with Crippen LogP contribution in [0.15, 0.2) is 36.4 Å². The normalized spacial score (nSPS) is 17.7. The van der Waals surface area contributed by atoms with Gasteiger partial charge in [-0.3, -0.25) is 9.69 Å². The minimum Gasteiger partial charge on any atom is -0.306 e. The zero-order valence-corrected chi connectivity index (χ0v) is 19.8. The summed E-state index contributed by atoms with van der Waals surface area (Å²) in [7, 11) is 0. The molecule has 5 nitrogen and oxygen atoms in total. The number of likely N-dealkylation sites (tertiary alicyclic amines) is 1. The summed E-state index contributed by atoms with van der Waals surface area (Å²) in [5.74, 6) is -0.383. The second-order valence-electron chi connectivity index (χ2n) is 8.55. The van der Waals surface area contributed by atoms with Crippen LogP contribution in [0.2, 0.25) is 10.0 Å². The highest BCUT2D eigenvalue weighted by Crippen LogP contribution is 2.48. The van der Waals surface area contributed by atoms with Crippen LogP contribution in [0.1, 0.15) is 39.3 Å². The summed E-state index contributed by atoms with van der Waals surface area (Å²) >= 11 is 13.3. The molecule has 32 heavy (non-hydrogen) atoms. The average molecular weight is 491 g/mol. The summed E-state index contributed by atoms with van der Waals surface area (Å²) in [6.07, 6.45) is 1.68. The minimum atomic E-state index is -0.272. The molecule has 0 atom stereocenters. The highest BCUT2D eigenvalue weighted by Gasteiger charge is 2.47. The number of benzene rings is 2. The fourth-order valence-electron chi connectivity index (χ4n) is 4.84. The van der Waals surface area contributed by atoms with Crippen molar-refractivity contribution >= 4 is 46.3 Å². The van der Waals surface area contributed by atoms with Gasteiger partial charge >= 0.3 is 0 Å². The first kappa shape index (κ1) is 21.8. The maximum Gasteiger partial charge on any atom is 0.271 e. The van der Waals surface area contributed by atoms with Gasteiger partial charge in [0.25, 0.3) is 5.91 Å². The second kappa shape index (κ2) is 8.37. The van der Waals surface area contributed by atoms with Crippen molar-refractivity contribution in [1.82, 2.24) is 14.5 Å². The maximum absolute atomic E-state index is 14.2. The van der Waals surface area contributed by atoms with E-state index < -0.39 is 0 Å². The number of piperidine rings is 1. The number of halogens is 3. The largest absolute Gasteiger partial charge is 0.306 e. The molecule has 0 unspecified atom stereocenters. The van der Waals surface area contributed by atoms with Crippen molar-refractivity contribution in [3.05, 3.63) is 74.0 Å². The molecule has 9 heteroatoms. The smallest absolute Gasteiger partial charge is 0.271 e. The Bertz CT molecular complexity index is 1190. The van der Waals surface area contributed by atoms with Crippen LogP contribution in [0.5, 0.6) is 0 Å². The van der Waals surface area contributed by atoms with Gasteiger partial charge in [-0.05, 0) is 85.8 Å². The standard InChI is InChI=1S/C23H21Cl2FN4OS/c1-14-21(32-28-27-14)22(31)30-13-23(17-11-16(26)3-5-20(17)30)6-8-29(9-7-23)12-15-2-4-18(24)19(25)10-15/h2-5,10-11H,6-9,12-13H2,1H3. The molecule has 3 heterocycles. The molecule has 5 rings (SSSR count). The number of carbonyl (C=O) groups is 1. The Balaban J connectivity index is 1.38. The van der Waals surface area contributed by atoms with Crippen molar-refractivity contribution in [3.8, 4) is 0 Å². The molecular formula is C23H21Cl2FN4OS. The van der Waals surface area contributed by atoms with Crippen molar-refractivity contribution in [2.45, 2.75) is 31.7 Å². The Hall–Kier alpha value is -2.06. The first-order chi connectivity index (χ1) is 15.4. The molecule has 1 amide bonds. The first-order valence-electron chi connectivity index (χ1n) is 10.4. The van der Waals surface area contributed by atoms with E-state index in [4.69, 9.17) is 23.2 Å². The van der Waals surface area contributed by atoms with Crippen LogP contribution in [-0.2, 0) is 12.0 Å². The Kier molecular flexibility index (Phi) is 5.70. The van der Waals surface area contributed by atoms with Gasteiger partial charge in [-0.15, -0.1) is 5.10 Å². The molecule has 0 saturated carbocycles. The zero-order valence-electron chi connectivity index (χ0n) is 17.4. The molecule has 0 radical (unpaired) electrons. The lowest BCUT2D eigenvalue weighted by Crippen LogP contribution is -2.45. The van der Waals surface area contributed by atoms with Crippen LogP contribution in [0.3, 0.4) is 0 Å². The molecule has 166 valence electrons. The van der Waals surface area contributed by atoms with Crippen LogP contribution in [0.4, 0.5) is 10.1 Å². The number of fused-ring (bicyclic) bond motifs is 2. The van der Waals surface area contributed by atoms with Gasteiger partial charge in [-0.2, -0.15) is 0 Å². The summed E-state index contributed by atoms with van der Waals surface area (Å²) in [6.45, 7) is 4.80. The summed E-state index contributed by atoms with van der Waals surface area (Å²) in [5.41, 5.74) is 3.20. The van der Waals surface area contributed by atoms with Gasteiger partial charge < -0.3 is 4.90 Å². The number of carbonyl (C=O) groups excluding carboxylic acids is 1. The van der Waals surface area contributed by atoms with Crippen LogP contribution >= 0.6 is 34.7 Å². The van der Waals surface area contributed by atoms with Crippen molar-refractivity contribution in [1.29, 1.82) is 0 Å². The number of aromatic nitrogens is 2. The number of anilines is 1. The number of hydrogen-bond donors (Lipinski definition) is 0. The van der Waals surface area contributed by atoms with Crippen LogP contribution in [0, 0.1) is 12.7 Å². The number of amides is 1. The lowest BCUT2D eigenvalue weighted by molar-refractivity contribution is 0.0978. The first-order valence-corrected chi connectivity index (χ1v) is 12.0. The Labute approximate surface area is 199 Å². The topological polar surface area (TPSA) is 49.3 Å². The SMILES string of the molecule is Cc1nnsc1C(=O)N1CC2(CCN(Cc3ccc(Cl)c(Cl)c3)CC2)c2cc(F)ccc21. The molecule has 2 aliphatic heterocycles. The second-order valence-corrected chi connectivity index (χ2v) is 10.1. The summed E-state index contributed by atoms with van der Waals surface area (Å²) in [5, 5.41) is 5.09. The number of aryl methyl sites for hydroxylation is 1. The predicted octanol–water partition coefficient (Wildman–Crippen LogP) is 5.49. The number of rotatable bonds is 3. The third kappa shape index (κ3) is 3.81. The van der Waals surface area contributed by atoms with Crippen molar-refractivity contribution in [2.75, 3.05) is 24.5 Å². The summed E-state index contributed by atoms with van der Waals surface area (Å²) < 4.78 is 18.2. The molecule has 1 fully saturated rings. The van der Waals surface area contributed by atoms with Crippen LogP contribution < -0.4 is 4.90 Å². The van der Waals surface area contributed by atoms with E-state index in [1.807, 2.05) is 18.2 Å². The molecule has 1 aromatic heterocycles. The minimum absolute atomic E-state index is 0.111. The van der Waals surface area contributed by atoms with E-state index >= 15 is 0 Å². The molecule has 1 spiro atoms. The summed E-state index contributed by atoms with van der Waals surface area (Å²) in [4.78, 5) is 18.0. The van der Waals surface area contributed by atoms with Gasteiger partial charge in [0.2, 0.25) is 0 Å². The predicted molar refractivity (Wildman–Crippen MR) is 125 cm³/mol. The monoisotopic (exact) mass is 490 g/mol. The molecule has 0 N–H and O–H groups in total. The molecule has 3 aromatic rings. The van der Waals surface area contributed by atoms with Crippen molar-refractivity contribution in [2.24, 2.45) is 0 Å². The third-order valence-electron chi connectivity index (χ3n) is 6.58. The molecular weight excluding hydrogens is 470 g/mol.